The predicted molar refractivity (Wildman–Crippen MR) is 63.6 cm³/mol. The SMILES string of the molecule is CC(C)c1nnc(N2CCOCC2)n(N)c1=O. The summed E-state index contributed by atoms with van der Waals surface area (Å²) in [7, 11) is 0. The third-order valence-electron chi connectivity index (χ3n) is 2.74. The summed E-state index contributed by atoms with van der Waals surface area (Å²) in [5, 5.41) is 8.01. The Hall–Kier alpha value is -1.63. The Morgan fingerprint density at radius 3 is 2.53 bits per heavy atom. The summed E-state index contributed by atoms with van der Waals surface area (Å²) in [5.74, 6) is 6.19. The summed E-state index contributed by atoms with van der Waals surface area (Å²) < 4.78 is 6.31. The van der Waals surface area contributed by atoms with E-state index in [4.69, 9.17) is 10.6 Å². The van der Waals surface area contributed by atoms with Gasteiger partial charge in [-0.15, -0.1) is 10.2 Å². The van der Waals surface area contributed by atoms with Crippen molar-refractivity contribution in [1.29, 1.82) is 0 Å². The van der Waals surface area contributed by atoms with E-state index in [9.17, 15) is 4.79 Å². The molecule has 0 radical (unpaired) electrons. The van der Waals surface area contributed by atoms with Crippen LogP contribution >= 0.6 is 0 Å². The first kappa shape index (κ1) is 11.8. The molecule has 1 fully saturated rings. The fourth-order valence-electron chi connectivity index (χ4n) is 1.75. The molecule has 7 heteroatoms. The molecule has 7 nitrogen and oxygen atoms in total. The molecule has 0 spiro atoms. The van der Waals surface area contributed by atoms with Gasteiger partial charge in [0.15, 0.2) is 0 Å². The van der Waals surface area contributed by atoms with Gasteiger partial charge in [-0.3, -0.25) is 4.79 Å². The number of nitrogens with two attached hydrogens (primary N) is 1. The van der Waals surface area contributed by atoms with Crippen LogP contribution in [0.2, 0.25) is 0 Å². The zero-order chi connectivity index (χ0) is 12.4. The lowest BCUT2D eigenvalue weighted by atomic mass is 10.1. The lowest BCUT2D eigenvalue weighted by Gasteiger charge is -2.28. The van der Waals surface area contributed by atoms with Gasteiger partial charge in [0.1, 0.15) is 5.69 Å². The molecule has 0 saturated carbocycles. The normalized spacial score (nSPS) is 16.5. The minimum Gasteiger partial charge on any atom is -0.378 e. The fraction of sp³-hybridized carbons (Fsp3) is 0.700. The molecule has 1 aromatic rings. The van der Waals surface area contributed by atoms with Gasteiger partial charge in [-0.2, -0.15) is 4.68 Å². The minimum absolute atomic E-state index is 0.0172. The maximum absolute atomic E-state index is 12.0. The van der Waals surface area contributed by atoms with Crippen LogP contribution < -0.4 is 16.3 Å². The lowest BCUT2D eigenvalue weighted by Crippen LogP contribution is -2.44. The maximum Gasteiger partial charge on any atom is 0.295 e. The third kappa shape index (κ3) is 2.23. The molecule has 1 saturated heterocycles. The zero-order valence-electron chi connectivity index (χ0n) is 10.1. The summed E-state index contributed by atoms with van der Waals surface area (Å²) in [6.45, 7) is 6.35. The quantitative estimate of drug-likeness (QED) is 0.688. The van der Waals surface area contributed by atoms with Gasteiger partial charge >= 0.3 is 0 Å². The van der Waals surface area contributed by atoms with Crippen LogP contribution in [0.4, 0.5) is 5.95 Å². The predicted octanol–water partition coefficient (Wildman–Crippen LogP) is -0.688. The van der Waals surface area contributed by atoms with Crippen molar-refractivity contribution in [2.75, 3.05) is 37.0 Å². The van der Waals surface area contributed by atoms with Crippen molar-refractivity contribution in [3.8, 4) is 0 Å². The molecule has 1 aliphatic rings. The van der Waals surface area contributed by atoms with Gasteiger partial charge in [0.2, 0.25) is 5.95 Å². The van der Waals surface area contributed by atoms with Gasteiger partial charge < -0.3 is 15.5 Å². The number of ether oxygens (including phenoxy) is 1. The van der Waals surface area contributed by atoms with E-state index < -0.39 is 0 Å². The topological polar surface area (TPSA) is 86.3 Å². The van der Waals surface area contributed by atoms with Crippen molar-refractivity contribution in [2.24, 2.45) is 0 Å². The van der Waals surface area contributed by atoms with Crippen molar-refractivity contribution in [3.63, 3.8) is 0 Å². The Kier molecular flexibility index (Phi) is 3.28. The van der Waals surface area contributed by atoms with Gasteiger partial charge in [0.05, 0.1) is 13.2 Å². The molecule has 0 atom stereocenters. The summed E-state index contributed by atoms with van der Waals surface area (Å²) in [6.07, 6.45) is 0. The van der Waals surface area contributed by atoms with Crippen LogP contribution in [-0.4, -0.2) is 41.2 Å². The van der Waals surface area contributed by atoms with Crippen molar-refractivity contribution >= 4 is 5.95 Å². The van der Waals surface area contributed by atoms with Crippen LogP contribution in [0.5, 0.6) is 0 Å². The van der Waals surface area contributed by atoms with E-state index in [2.05, 4.69) is 10.2 Å². The van der Waals surface area contributed by atoms with E-state index >= 15 is 0 Å². The van der Waals surface area contributed by atoms with Gasteiger partial charge in [-0.05, 0) is 0 Å². The second kappa shape index (κ2) is 4.70. The van der Waals surface area contributed by atoms with E-state index in [-0.39, 0.29) is 11.5 Å². The highest BCUT2D eigenvalue weighted by Gasteiger charge is 2.19. The Bertz CT molecular complexity index is 450. The number of morpholine rings is 1. The first-order valence-corrected chi connectivity index (χ1v) is 5.68. The van der Waals surface area contributed by atoms with E-state index in [0.717, 1.165) is 4.68 Å². The Labute approximate surface area is 99.2 Å². The summed E-state index contributed by atoms with van der Waals surface area (Å²) in [6, 6.07) is 0. The van der Waals surface area contributed by atoms with Crippen LogP contribution in [0.25, 0.3) is 0 Å². The third-order valence-corrected chi connectivity index (χ3v) is 2.74. The van der Waals surface area contributed by atoms with Crippen molar-refractivity contribution in [1.82, 2.24) is 14.9 Å². The van der Waals surface area contributed by atoms with E-state index in [0.29, 0.717) is 37.9 Å². The summed E-state index contributed by atoms with van der Waals surface area (Å²) in [4.78, 5) is 13.9. The maximum atomic E-state index is 12.0. The Morgan fingerprint density at radius 2 is 1.94 bits per heavy atom. The average molecular weight is 239 g/mol. The average Bonchev–Trinajstić information content (AvgIpc) is 2.33. The smallest absolute Gasteiger partial charge is 0.295 e. The number of aromatic nitrogens is 3. The number of hydrogen-bond acceptors (Lipinski definition) is 6. The Balaban J connectivity index is 2.36. The first-order valence-electron chi connectivity index (χ1n) is 5.68. The van der Waals surface area contributed by atoms with Gasteiger partial charge in [0, 0.05) is 19.0 Å². The lowest BCUT2D eigenvalue weighted by molar-refractivity contribution is 0.121. The highest BCUT2D eigenvalue weighted by molar-refractivity contribution is 5.30. The molecule has 2 N–H and O–H groups in total. The van der Waals surface area contributed by atoms with Crippen molar-refractivity contribution in [3.05, 3.63) is 16.0 Å². The molecule has 94 valence electrons. The van der Waals surface area contributed by atoms with E-state index in [1.807, 2.05) is 18.7 Å². The second-order valence-electron chi connectivity index (χ2n) is 4.31. The minimum atomic E-state index is -0.281. The van der Waals surface area contributed by atoms with Crippen LogP contribution in [0.3, 0.4) is 0 Å². The van der Waals surface area contributed by atoms with Crippen molar-refractivity contribution in [2.45, 2.75) is 19.8 Å². The molecule has 0 unspecified atom stereocenters. The highest BCUT2D eigenvalue weighted by atomic mass is 16.5. The van der Waals surface area contributed by atoms with Crippen LogP contribution in [-0.2, 0) is 4.74 Å². The number of nitrogen functional groups attached to an aromatic ring is 1. The van der Waals surface area contributed by atoms with Crippen LogP contribution in [0, 0.1) is 0 Å². The molecule has 0 amide bonds. The number of anilines is 1. The number of rotatable bonds is 2. The summed E-state index contributed by atoms with van der Waals surface area (Å²) >= 11 is 0. The van der Waals surface area contributed by atoms with E-state index in [1.165, 1.54) is 0 Å². The molecule has 1 aromatic heterocycles. The molecule has 1 aliphatic heterocycles. The summed E-state index contributed by atoms with van der Waals surface area (Å²) in [5.41, 5.74) is 0.112. The van der Waals surface area contributed by atoms with Crippen LogP contribution in [0.1, 0.15) is 25.5 Å². The van der Waals surface area contributed by atoms with E-state index in [1.54, 1.807) is 0 Å². The Morgan fingerprint density at radius 1 is 1.29 bits per heavy atom. The molecule has 2 rings (SSSR count). The van der Waals surface area contributed by atoms with Gasteiger partial charge in [0.25, 0.3) is 5.56 Å². The molecule has 17 heavy (non-hydrogen) atoms. The van der Waals surface area contributed by atoms with Gasteiger partial charge in [-0.25, -0.2) is 0 Å². The zero-order valence-corrected chi connectivity index (χ0v) is 10.1. The molecular weight excluding hydrogens is 222 g/mol. The molecule has 0 aromatic carbocycles. The molecular formula is C10H17N5O2. The number of hydrogen-bond donors (Lipinski definition) is 1. The molecule has 0 aliphatic carbocycles. The molecule has 2 heterocycles. The van der Waals surface area contributed by atoms with Gasteiger partial charge in [-0.1, -0.05) is 13.8 Å². The number of nitrogens with zero attached hydrogens (tertiary/aromatic N) is 4. The highest BCUT2D eigenvalue weighted by Crippen LogP contribution is 2.10. The largest absolute Gasteiger partial charge is 0.378 e. The monoisotopic (exact) mass is 239 g/mol. The standard InChI is InChI=1S/C10H17N5O2/c1-7(2)8-9(16)15(11)10(13-12-8)14-3-5-17-6-4-14/h7H,3-6,11H2,1-2H3. The van der Waals surface area contributed by atoms with Crippen molar-refractivity contribution < 1.29 is 4.74 Å². The molecule has 0 bridgehead atoms. The van der Waals surface area contributed by atoms with Crippen LogP contribution in [0.15, 0.2) is 4.79 Å². The first-order chi connectivity index (χ1) is 8.11. The fourth-order valence-corrected chi connectivity index (χ4v) is 1.75. The second-order valence-corrected chi connectivity index (χ2v) is 4.31.